The number of esters is 1. The van der Waals surface area contributed by atoms with Gasteiger partial charge in [-0.25, -0.2) is 9.79 Å². The van der Waals surface area contributed by atoms with Gasteiger partial charge in [0.2, 0.25) is 0 Å². The topological polar surface area (TPSA) is 97.6 Å². The molecule has 1 aromatic heterocycles. The van der Waals surface area contributed by atoms with Crippen LogP contribution in [-0.2, 0) is 9.53 Å². The molecule has 1 unspecified atom stereocenters. The Labute approximate surface area is 242 Å². The zero-order chi connectivity index (χ0) is 29.5. The van der Waals surface area contributed by atoms with Crippen LogP contribution in [-0.4, -0.2) is 44.1 Å². The van der Waals surface area contributed by atoms with Gasteiger partial charge in [-0.2, -0.15) is 0 Å². The minimum Gasteiger partial charge on any atom is -0.493 e. The second kappa shape index (κ2) is 13.4. The summed E-state index contributed by atoms with van der Waals surface area (Å²) in [5, 5.41) is 0. The van der Waals surface area contributed by atoms with Crippen molar-refractivity contribution in [3.8, 4) is 23.0 Å². The van der Waals surface area contributed by atoms with Gasteiger partial charge in [0.1, 0.15) is 6.61 Å². The average molecular weight is 579 g/mol. The van der Waals surface area contributed by atoms with Crippen molar-refractivity contribution in [2.75, 3.05) is 33.5 Å². The Morgan fingerprint density at radius 3 is 2.39 bits per heavy atom. The van der Waals surface area contributed by atoms with Gasteiger partial charge in [0.05, 0.1) is 48.8 Å². The van der Waals surface area contributed by atoms with Crippen molar-refractivity contribution in [3.05, 3.63) is 91.1 Å². The number of nitrogens with zero attached hydrogens (tertiary/aromatic N) is 2. The summed E-state index contributed by atoms with van der Waals surface area (Å²) in [6.45, 7) is 12.4. The van der Waals surface area contributed by atoms with Crippen LogP contribution >= 0.6 is 11.3 Å². The molecule has 1 aliphatic heterocycles. The fourth-order valence-corrected chi connectivity index (χ4v) is 5.58. The average Bonchev–Trinajstić information content (AvgIpc) is 3.26. The molecule has 41 heavy (non-hydrogen) atoms. The Balaban J connectivity index is 1.90. The van der Waals surface area contributed by atoms with Gasteiger partial charge >= 0.3 is 5.97 Å². The van der Waals surface area contributed by atoms with E-state index in [2.05, 4.69) is 11.6 Å². The normalized spacial score (nSPS) is 14.7. The predicted molar refractivity (Wildman–Crippen MR) is 158 cm³/mol. The standard InChI is InChI=1S/C31H34N2O7S/c1-7-15-40-22-13-11-20(16-24(22)36-6)17-26-29(34)33-28(21-12-14-23(37-8-2)25(18-21)38-9-3)27(30(35)39-10-4)19(5)32-31(33)41-26/h7,11-14,16-18,28H,1,8-10,15H2,2-6H3. The van der Waals surface area contributed by atoms with Gasteiger partial charge in [-0.15, -0.1) is 0 Å². The van der Waals surface area contributed by atoms with Crippen molar-refractivity contribution < 1.29 is 28.5 Å². The third-order valence-electron chi connectivity index (χ3n) is 6.24. The summed E-state index contributed by atoms with van der Waals surface area (Å²) in [6, 6.07) is 10.1. The number of thiazole rings is 1. The largest absolute Gasteiger partial charge is 0.493 e. The van der Waals surface area contributed by atoms with E-state index >= 15 is 0 Å². The van der Waals surface area contributed by atoms with Gasteiger partial charge in [0.15, 0.2) is 27.8 Å². The molecular weight excluding hydrogens is 544 g/mol. The van der Waals surface area contributed by atoms with Crippen LogP contribution in [0.2, 0.25) is 0 Å². The van der Waals surface area contributed by atoms with Gasteiger partial charge < -0.3 is 23.7 Å². The first-order valence-electron chi connectivity index (χ1n) is 13.4. The number of rotatable bonds is 12. The second-order valence-electron chi connectivity index (χ2n) is 8.88. The number of fused-ring (bicyclic) bond motifs is 1. The Morgan fingerprint density at radius 2 is 1.71 bits per heavy atom. The number of hydrogen-bond donors (Lipinski definition) is 0. The molecule has 0 radical (unpaired) electrons. The van der Waals surface area contributed by atoms with Crippen molar-refractivity contribution in [2.45, 2.75) is 33.7 Å². The molecule has 0 bridgehead atoms. The van der Waals surface area contributed by atoms with Crippen molar-refractivity contribution in [1.82, 2.24) is 4.57 Å². The highest BCUT2D eigenvalue weighted by Crippen LogP contribution is 2.36. The number of aromatic nitrogens is 1. The third-order valence-corrected chi connectivity index (χ3v) is 7.23. The van der Waals surface area contributed by atoms with Crippen LogP contribution in [0.25, 0.3) is 6.08 Å². The van der Waals surface area contributed by atoms with Crippen molar-refractivity contribution in [1.29, 1.82) is 0 Å². The number of carbonyl (C=O) groups excluding carboxylic acids is 1. The van der Waals surface area contributed by atoms with Crippen molar-refractivity contribution in [2.24, 2.45) is 4.99 Å². The molecule has 0 saturated heterocycles. The first kappa shape index (κ1) is 29.7. The highest BCUT2D eigenvalue weighted by Gasteiger charge is 2.34. The molecule has 4 rings (SSSR count). The number of carbonyl (C=O) groups is 1. The van der Waals surface area contributed by atoms with Crippen LogP contribution in [0.1, 0.15) is 44.9 Å². The third kappa shape index (κ3) is 6.22. The molecule has 216 valence electrons. The highest BCUT2D eigenvalue weighted by molar-refractivity contribution is 7.07. The summed E-state index contributed by atoms with van der Waals surface area (Å²) < 4.78 is 30.1. The van der Waals surface area contributed by atoms with E-state index < -0.39 is 12.0 Å². The van der Waals surface area contributed by atoms with Crippen LogP contribution in [0.15, 0.2) is 70.1 Å². The van der Waals surface area contributed by atoms with Crippen molar-refractivity contribution in [3.63, 3.8) is 0 Å². The summed E-state index contributed by atoms with van der Waals surface area (Å²) >= 11 is 1.24. The Kier molecular flexibility index (Phi) is 9.67. The molecule has 2 aromatic carbocycles. The lowest BCUT2D eigenvalue weighted by Gasteiger charge is -2.25. The number of methoxy groups -OCH3 is 1. The van der Waals surface area contributed by atoms with E-state index in [0.29, 0.717) is 69.0 Å². The van der Waals surface area contributed by atoms with Crippen LogP contribution in [0.5, 0.6) is 23.0 Å². The van der Waals surface area contributed by atoms with Gasteiger partial charge in [-0.1, -0.05) is 36.1 Å². The van der Waals surface area contributed by atoms with Crippen molar-refractivity contribution >= 4 is 23.4 Å². The maximum Gasteiger partial charge on any atom is 0.338 e. The molecular formula is C31H34N2O7S. The van der Waals surface area contributed by atoms with Gasteiger partial charge in [-0.3, -0.25) is 9.36 Å². The van der Waals surface area contributed by atoms with Crippen LogP contribution in [0, 0.1) is 0 Å². The van der Waals surface area contributed by atoms with E-state index in [0.717, 1.165) is 5.56 Å². The first-order chi connectivity index (χ1) is 19.9. The maximum atomic E-state index is 14.0. The van der Waals surface area contributed by atoms with Gasteiger partial charge in [-0.05, 0) is 69.2 Å². The zero-order valence-corrected chi connectivity index (χ0v) is 24.7. The smallest absolute Gasteiger partial charge is 0.338 e. The lowest BCUT2D eigenvalue weighted by molar-refractivity contribution is -0.139. The summed E-state index contributed by atoms with van der Waals surface area (Å²) in [5.41, 5.74) is 1.91. The summed E-state index contributed by atoms with van der Waals surface area (Å²) in [4.78, 5) is 32.3. The fraction of sp³-hybridized carbons (Fsp3) is 0.323. The van der Waals surface area contributed by atoms with E-state index in [4.69, 9.17) is 23.7 Å². The Bertz CT molecular complexity index is 1650. The monoisotopic (exact) mass is 578 g/mol. The summed E-state index contributed by atoms with van der Waals surface area (Å²) in [5.74, 6) is 1.68. The van der Waals surface area contributed by atoms with Crippen LogP contribution < -0.4 is 33.8 Å². The van der Waals surface area contributed by atoms with Crippen LogP contribution in [0.3, 0.4) is 0 Å². The molecule has 0 aliphatic carbocycles. The molecule has 1 atom stereocenters. The first-order valence-corrected chi connectivity index (χ1v) is 14.2. The van der Waals surface area contributed by atoms with E-state index in [1.807, 2.05) is 26.0 Å². The summed E-state index contributed by atoms with van der Waals surface area (Å²) in [6.07, 6.45) is 3.42. The van der Waals surface area contributed by atoms with E-state index in [1.54, 1.807) is 61.9 Å². The number of allylic oxidation sites excluding steroid dienone is 1. The number of ether oxygens (including phenoxy) is 5. The Hall–Kier alpha value is -4.31. The molecule has 0 amide bonds. The number of hydrogen-bond acceptors (Lipinski definition) is 9. The highest BCUT2D eigenvalue weighted by atomic mass is 32.1. The molecule has 0 N–H and O–H groups in total. The molecule has 0 fully saturated rings. The van der Waals surface area contributed by atoms with E-state index in [-0.39, 0.29) is 12.2 Å². The quantitative estimate of drug-likeness (QED) is 0.235. The Morgan fingerprint density at radius 1 is 1.00 bits per heavy atom. The molecule has 1 aliphatic rings. The van der Waals surface area contributed by atoms with Gasteiger partial charge in [0.25, 0.3) is 5.56 Å². The molecule has 9 nitrogen and oxygen atoms in total. The molecule has 3 aromatic rings. The van der Waals surface area contributed by atoms with Crippen LogP contribution in [0.4, 0.5) is 0 Å². The predicted octanol–water partition coefficient (Wildman–Crippen LogP) is 4.17. The lowest BCUT2D eigenvalue weighted by atomic mass is 9.95. The second-order valence-corrected chi connectivity index (χ2v) is 9.89. The van der Waals surface area contributed by atoms with E-state index in [9.17, 15) is 9.59 Å². The molecule has 0 spiro atoms. The molecule has 0 saturated carbocycles. The van der Waals surface area contributed by atoms with Gasteiger partial charge in [0, 0.05) is 0 Å². The maximum absolute atomic E-state index is 14.0. The minimum atomic E-state index is -0.772. The lowest BCUT2D eigenvalue weighted by Crippen LogP contribution is -2.40. The number of benzene rings is 2. The zero-order valence-electron chi connectivity index (χ0n) is 23.9. The minimum absolute atomic E-state index is 0.189. The fourth-order valence-electron chi connectivity index (χ4n) is 4.54. The van der Waals surface area contributed by atoms with E-state index in [1.165, 1.54) is 11.3 Å². The SMILES string of the molecule is C=CCOc1ccc(C=c2sc3n(c2=O)C(c2ccc(OCC)c(OCC)c2)C(C(=O)OCC)=C(C)N=3)cc1OC. The molecule has 10 heteroatoms. The molecule has 2 heterocycles. The summed E-state index contributed by atoms with van der Waals surface area (Å²) in [7, 11) is 1.56.